The number of rotatable bonds is 4. The fraction of sp³-hybridized carbons (Fsp3) is 0.417. The van der Waals surface area contributed by atoms with Crippen LogP contribution in [0.4, 0.5) is 0 Å². The lowest BCUT2D eigenvalue weighted by molar-refractivity contribution is 0.128. The number of aryl methyl sites for hydroxylation is 1. The van der Waals surface area contributed by atoms with Gasteiger partial charge >= 0.3 is 0 Å². The Balaban J connectivity index is 2.38. The van der Waals surface area contributed by atoms with E-state index in [0.29, 0.717) is 30.0 Å². The van der Waals surface area contributed by atoms with Gasteiger partial charge < -0.3 is 4.74 Å². The van der Waals surface area contributed by atoms with Gasteiger partial charge in [-0.2, -0.15) is 0 Å². The van der Waals surface area contributed by atoms with Crippen molar-refractivity contribution in [3.8, 4) is 5.82 Å². The van der Waals surface area contributed by atoms with Gasteiger partial charge in [0.1, 0.15) is 23.9 Å². The first kappa shape index (κ1) is 13.0. The van der Waals surface area contributed by atoms with Crippen molar-refractivity contribution >= 4 is 11.6 Å². The molecule has 0 aliphatic rings. The Morgan fingerprint density at radius 2 is 2.11 bits per heavy atom. The molecule has 0 saturated carbocycles. The van der Waals surface area contributed by atoms with Gasteiger partial charge in [0.25, 0.3) is 0 Å². The first-order valence-electron chi connectivity index (χ1n) is 5.74. The van der Waals surface area contributed by atoms with Gasteiger partial charge in [0.2, 0.25) is 0 Å². The van der Waals surface area contributed by atoms with E-state index in [1.54, 1.807) is 12.4 Å². The third kappa shape index (κ3) is 2.68. The molecule has 2 rings (SSSR count). The van der Waals surface area contributed by atoms with Crippen LogP contribution in [0.1, 0.15) is 24.1 Å². The van der Waals surface area contributed by atoms with Gasteiger partial charge in [-0.05, 0) is 20.8 Å². The Morgan fingerprint density at radius 3 is 2.72 bits per heavy atom. The molecule has 0 saturated heterocycles. The van der Waals surface area contributed by atoms with Crippen molar-refractivity contribution < 1.29 is 4.74 Å². The minimum absolute atomic E-state index is 0.358. The normalized spacial score (nSPS) is 10.9. The predicted molar refractivity (Wildman–Crippen MR) is 69.0 cm³/mol. The average Bonchev–Trinajstić information content (AvgIpc) is 2.67. The van der Waals surface area contributed by atoms with Crippen molar-refractivity contribution in [3.05, 3.63) is 34.8 Å². The lowest BCUT2D eigenvalue weighted by Crippen LogP contribution is -2.05. The zero-order valence-electron chi connectivity index (χ0n) is 10.6. The molecular weight excluding hydrogens is 252 g/mol. The zero-order chi connectivity index (χ0) is 13.1. The van der Waals surface area contributed by atoms with E-state index in [9.17, 15) is 0 Å². The van der Waals surface area contributed by atoms with Crippen LogP contribution in [0, 0.1) is 13.8 Å². The highest BCUT2D eigenvalue weighted by atomic mass is 35.5. The van der Waals surface area contributed by atoms with E-state index in [-0.39, 0.29) is 0 Å². The van der Waals surface area contributed by atoms with Gasteiger partial charge in [0.05, 0.1) is 5.69 Å². The summed E-state index contributed by atoms with van der Waals surface area (Å²) in [5.74, 6) is 1.29. The Bertz CT molecular complexity index is 553. The van der Waals surface area contributed by atoms with Gasteiger partial charge in [-0.15, -0.1) is 0 Å². The molecule has 0 aliphatic carbocycles. The number of nitrogens with zero attached hydrogens (tertiary/aromatic N) is 4. The predicted octanol–water partition coefficient (Wildman–Crippen LogP) is 2.47. The molecule has 0 aromatic carbocycles. The molecule has 0 radical (unpaired) electrons. The lowest BCUT2D eigenvalue weighted by Gasteiger charge is -2.07. The zero-order valence-corrected chi connectivity index (χ0v) is 11.4. The van der Waals surface area contributed by atoms with Crippen LogP contribution in [0.3, 0.4) is 0 Å². The van der Waals surface area contributed by atoms with E-state index in [4.69, 9.17) is 16.3 Å². The van der Waals surface area contributed by atoms with Crippen LogP contribution in [-0.4, -0.2) is 26.1 Å². The highest BCUT2D eigenvalue weighted by molar-refractivity contribution is 6.29. The number of aromatic nitrogens is 4. The van der Waals surface area contributed by atoms with E-state index >= 15 is 0 Å². The molecule has 0 bridgehead atoms. The summed E-state index contributed by atoms with van der Waals surface area (Å²) in [6.45, 7) is 6.84. The van der Waals surface area contributed by atoms with E-state index in [2.05, 4.69) is 15.0 Å². The smallest absolute Gasteiger partial charge is 0.158 e. The quantitative estimate of drug-likeness (QED) is 0.798. The second kappa shape index (κ2) is 5.46. The van der Waals surface area contributed by atoms with Crippen LogP contribution in [0.5, 0.6) is 0 Å². The number of imidazole rings is 1. The highest BCUT2D eigenvalue weighted by Gasteiger charge is 2.09. The summed E-state index contributed by atoms with van der Waals surface area (Å²) < 4.78 is 7.18. The Hall–Kier alpha value is -1.46. The summed E-state index contributed by atoms with van der Waals surface area (Å²) in [5.41, 5.74) is 2.00. The fourth-order valence-electron chi connectivity index (χ4n) is 1.56. The third-order valence-corrected chi connectivity index (χ3v) is 2.86. The molecule has 0 fully saturated rings. The van der Waals surface area contributed by atoms with Crippen molar-refractivity contribution in [3.63, 3.8) is 0 Å². The minimum Gasteiger partial charge on any atom is -0.374 e. The van der Waals surface area contributed by atoms with Gasteiger partial charge in [0.15, 0.2) is 5.82 Å². The lowest BCUT2D eigenvalue weighted by atomic mass is 10.4. The minimum atomic E-state index is 0.358. The number of halogens is 1. The summed E-state index contributed by atoms with van der Waals surface area (Å²) >= 11 is 6.00. The molecule has 6 heteroatoms. The highest BCUT2D eigenvalue weighted by Crippen LogP contribution is 2.15. The molecule has 0 spiro atoms. The van der Waals surface area contributed by atoms with Gasteiger partial charge in [-0.25, -0.2) is 15.0 Å². The molecule has 0 aliphatic heterocycles. The largest absolute Gasteiger partial charge is 0.374 e. The molecule has 96 valence electrons. The Morgan fingerprint density at radius 1 is 1.33 bits per heavy atom. The topological polar surface area (TPSA) is 52.8 Å². The Labute approximate surface area is 111 Å². The number of hydrogen-bond donors (Lipinski definition) is 0. The van der Waals surface area contributed by atoms with Crippen LogP contribution in [-0.2, 0) is 11.3 Å². The van der Waals surface area contributed by atoms with Crippen molar-refractivity contribution in [2.75, 3.05) is 6.61 Å². The second-order valence-electron chi connectivity index (χ2n) is 3.89. The maximum absolute atomic E-state index is 6.00. The third-order valence-electron chi connectivity index (χ3n) is 2.66. The second-order valence-corrected chi connectivity index (χ2v) is 4.27. The van der Waals surface area contributed by atoms with E-state index in [0.717, 1.165) is 11.4 Å². The first-order chi connectivity index (χ1) is 8.61. The molecule has 2 aromatic rings. The van der Waals surface area contributed by atoms with E-state index in [1.807, 2.05) is 25.3 Å². The molecule has 2 heterocycles. The molecule has 5 nitrogen and oxygen atoms in total. The Kier molecular flexibility index (Phi) is 3.93. The molecule has 2 aromatic heterocycles. The molecule has 0 amide bonds. The first-order valence-corrected chi connectivity index (χ1v) is 6.11. The number of ether oxygens (including phenoxy) is 1. The van der Waals surface area contributed by atoms with E-state index in [1.165, 1.54) is 0 Å². The summed E-state index contributed by atoms with van der Waals surface area (Å²) in [5, 5.41) is 0.403. The van der Waals surface area contributed by atoms with Crippen molar-refractivity contribution in [2.24, 2.45) is 0 Å². The summed E-state index contributed by atoms with van der Waals surface area (Å²) in [4.78, 5) is 12.8. The number of hydrogen-bond acceptors (Lipinski definition) is 4. The van der Waals surface area contributed by atoms with Crippen LogP contribution >= 0.6 is 11.6 Å². The van der Waals surface area contributed by atoms with Crippen molar-refractivity contribution in [1.82, 2.24) is 19.5 Å². The van der Waals surface area contributed by atoms with Gasteiger partial charge in [0, 0.05) is 18.4 Å². The molecule has 0 unspecified atom stereocenters. The summed E-state index contributed by atoms with van der Waals surface area (Å²) in [7, 11) is 0. The van der Waals surface area contributed by atoms with Crippen LogP contribution in [0.25, 0.3) is 5.82 Å². The van der Waals surface area contributed by atoms with Gasteiger partial charge in [-0.3, -0.25) is 4.57 Å². The molecule has 0 N–H and O–H groups in total. The molecule has 0 atom stereocenters. The monoisotopic (exact) mass is 266 g/mol. The fourth-order valence-corrected chi connectivity index (χ4v) is 1.76. The summed E-state index contributed by atoms with van der Waals surface area (Å²) in [6.07, 6.45) is 1.73. The van der Waals surface area contributed by atoms with Crippen LogP contribution < -0.4 is 0 Å². The van der Waals surface area contributed by atoms with Crippen LogP contribution in [0.2, 0.25) is 5.15 Å². The van der Waals surface area contributed by atoms with Crippen molar-refractivity contribution in [1.29, 1.82) is 0 Å². The molecule has 18 heavy (non-hydrogen) atoms. The summed E-state index contributed by atoms with van der Waals surface area (Å²) in [6, 6.07) is 1.71. The standard InChI is InChI=1S/C12H15ClN4O/c1-4-18-6-11-15-10(13)5-12(16-11)17-7-14-8(2)9(17)3/h5,7H,4,6H2,1-3H3. The van der Waals surface area contributed by atoms with Crippen molar-refractivity contribution in [2.45, 2.75) is 27.4 Å². The van der Waals surface area contributed by atoms with E-state index < -0.39 is 0 Å². The van der Waals surface area contributed by atoms with Crippen LogP contribution in [0.15, 0.2) is 12.4 Å². The molecular formula is C12H15ClN4O. The SMILES string of the molecule is CCOCc1nc(Cl)cc(-n2cnc(C)c2C)n1. The average molecular weight is 267 g/mol. The van der Waals surface area contributed by atoms with Gasteiger partial charge in [-0.1, -0.05) is 11.6 Å². The maximum atomic E-state index is 6.00. The maximum Gasteiger partial charge on any atom is 0.158 e.